The number of nitrogens with zero attached hydrogens (tertiary/aromatic N) is 2. The standard InChI is InChI=1S/C29H34N4O6/c1-17-9-6-7-12-23(17)24-16-30-13-14-32(24)20(4)39-29(35)26-19(3)31-18(2)25(28(34)38-5)27(26)21-10-8-11-22(15-21)33(36)37/h6-12,15,20,24,27,30-31H,13-14,16H2,1-5H3. The number of rotatable bonds is 7. The van der Waals surface area contributed by atoms with E-state index < -0.39 is 29.0 Å². The average Bonchev–Trinajstić information content (AvgIpc) is 2.92. The molecule has 206 valence electrons. The number of ether oxygens (including phenoxy) is 2. The first-order valence-corrected chi connectivity index (χ1v) is 12.9. The second-order valence-electron chi connectivity index (χ2n) is 9.80. The van der Waals surface area contributed by atoms with Gasteiger partial charge in [-0.3, -0.25) is 15.0 Å². The lowest BCUT2D eigenvalue weighted by Gasteiger charge is -2.40. The summed E-state index contributed by atoms with van der Waals surface area (Å²) in [5.74, 6) is -2.16. The molecule has 10 nitrogen and oxygen atoms in total. The normalized spacial score (nSPS) is 20.7. The average molecular weight is 535 g/mol. The van der Waals surface area contributed by atoms with Crippen LogP contribution in [0.1, 0.15) is 49.4 Å². The first-order chi connectivity index (χ1) is 18.6. The van der Waals surface area contributed by atoms with Crippen LogP contribution >= 0.6 is 0 Å². The smallest absolute Gasteiger partial charge is 0.338 e. The van der Waals surface area contributed by atoms with Gasteiger partial charge in [0.05, 0.1) is 35.1 Å². The van der Waals surface area contributed by atoms with Crippen molar-refractivity contribution in [2.24, 2.45) is 0 Å². The van der Waals surface area contributed by atoms with Crippen LogP contribution in [0.15, 0.2) is 71.1 Å². The number of allylic oxidation sites excluding steroid dienone is 2. The number of carbonyl (C=O) groups is 2. The number of aryl methyl sites for hydroxylation is 1. The fraction of sp³-hybridized carbons (Fsp3) is 0.379. The zero-order valence-electron chi connectivity index (χ0n) is 22.8. The molecule has 2 aromatic rings. The maximum absolute atomic E-state index is 13.9. The number of piperazine rings is 1. The summed E-state index contributed by atoms with van der Waals surface area (Å²) in [6, 6.07) is 14.1. The number of non-ortho nitro benzene ring substituents is 1. The van der Waals surface area contributed by atoms with Gasteiger partial charge in [0.15, 0.2) is 6.23 Å². The summed E-state index contributed by atoms with van der Waals surface area (Å²) in [4.78, 5) is 39.9. The number of dihydropyridines is 1. The highest BCUT2D eigenvalue weighted by Crippen LogP contribution is 2.40. The highest BCUT2D eigenvalue weighted by Gasteiger charge is 2.40. The Morgan fingerprint density at radius 2 is 1.74 bits per heavy atom. The van der Waals surface area contributed by atoms with Gasteiger partial charge in [-0.25, -0.2) is 9.59 Å². The third-order valence-electron chi connectivity index (χ3n) is 7.38. The van der Waals surface area contributed by atoms with Gasteiger partial charge < -0.3 is 20.1 Å². The maximum Gasteiger partial charge on any atom is 0.338 e. The van der Waals surface area contributed by atoms with Gasteiger partial charge in [-0.15, -0.1) is 0 Å². The minimum absolute atomic E-state index is 0.00245. The molecule has 0 aromatic heterocycles. The number of carbonyl (C=O) groups excluding carboxylic acids is 2. The lowest BCUT2D eigenvalue weighted by atomic mass is 9.80. The summed E-state index contributed by atoms with van der Waals surface area (Å²) in [5, 5.41) is 18.1. The molecule has 39 heavy (non-hydrogen) atoms. The van der Waals surface area contributed by atoms with Crippen molar-refractivity contribution in [3.8, 4) is 0 Å². The minimum Gasteiger partial charge on any atom is -0.466 e. The van der Waals surface area contributed by atoms with Crippen LogP contribution in [-0.4, -0.2) is 54.7 Å². The van der Waals surface area contributed by atoms with Crippen molar-refractivity contribution in [1.29, 1.82) is 0 Å². The molecule has 2 aliphatic heterocycles. The third-order valence-corrected chi connectivity index (χ3v) is 7.38. The van der Waals surface area contributed by atoms with Gasteiger partial charge in [0.25, 0.3) is 5.69 Å². The Balaban J connectivity index is 1.69. The van der Waals surface area contributed by atoms with Crippen molar-refractivity contribution in [1.82, 2.24) is 15.5 Å². The molecule has 0 saturated carbocycles. The van der Waals surface area contributed by atoms with E-state index in [9.17, 15) is 19.7 Å². The molecule has 0 radical (unpaired) electrons. The quantitative estimate of drug-likeness (QED) is 0.310. The number of methoxy groups -OCH3 is 1. The second kappa shape index (κ2) is 11.8. The number of nitro groups is 1. The Hall–Kier alpha value is -4.02. The van der Waals surface area contributed by atoms with E-state index in [0.29, 0.717) is 30.0 Å². The van der Waals surface area contributed by atoms with Gasteiger partial charge in [-0.1, -0.05) is 36.4 Å². The molecule has 2 N–H and O–H groups in total. The molecule has 4 rings (SSSR count). The third kappa shape index (κ3) is 5.71. The fourth-order valence-electron chi connectivity index (χ4n) is 5.49. The molecule has 1 fully saturated rings. The van der Waals surface area contributed by atoms with Crippen LogP contribution in [0.4, 0.5) is 5.69 Å². The fourth-order valence-corrected chi connectivity index (χ4v) is 5.49. The van der Waals surface area contributed by atoms with Crippen LogP contribution in [0, 0.1) is 17.0 Å². The predicted molar refractivity (Wildman–Crippen MR) is 145 cm³/mol. The van der Waals surface area contributed by atoms with Crippen molar-refractivity contribution in [3.05, 3.63) is 97.9 Å². The van der Waals surface area contributed by atoms with Crippen LogP contribution in [0.25, 0.3) is 0 Å². The zero-order valence-corrected chi connectivity index (χ0v) is 22.8. The first-order valence-electron chi connectivity index (χ1n) is 12.9. The van der Waals surface area contributed by atoms with E-state index in [4.69, 9.17) is 9.47 Å². The van der Waals surface area contributed by atoms with Crippen molar-refractivity contribution in [3.63, 3.8) is 0 Å². The van der Waals surface area contributed by atoms with Crippen molar-refractivity contribution in [2.75, 3.05) is 26.7 Å². The Bertz CT molecular complexity index is 1350. The van der Waals surface area contributed by atoms with Gasteiger partial charge >= 0.3 is 11.9 Å². The van der Waals surface area contributed by atoms with E-state index in [1.54, 1.807) is 19.9 Å². The molecule has 0 spiro atoms. The molecule has 1 saturated heterocycles. The lowest BCUT2D eigenvalue weighted by Crippen LogP contribution is -2.51. The van der Waals surface area contributed by atoms with E-state index in [1.807, 2.05) is 19.1 Å². The Labute approximate surface area is 227 Å². The van der Waals surface area contributed by atoms with Gasteiger partial charge in [-0.05, 0) is 44.4 Å². The van der Waals surface area contributed by atoms with Crippen LogP contribution < -0.4 is 10.6 Å². The van der Waals surface area contributed by atoms with Crippen LogP contribution in [0.2, 0.25) is 0 Å². The summed E-state index contributed by atoms with van der Waals surface area (Å²) in [7, 11) is 1.26. The Kier molecular flexibility index (Phi) is 8.47. The van der Waals surface area contributed by atoms with Gasteiger partial charge in [0.2, 0.25) is 0 Å². The summed E-state index contributed by atoms with van der Waals surface area (Å²) < 4.78 is 11.1. The van der Waals surface area contributed by atoms with E-state index >= 15 is 0 Å². The van der Waals surface area contributed by atoms with E-state index in [2.05, 4.69) is 34.6 Å². The predicted octanol–water partition coefficient (Wildman–Crippen LogP) is 3.85. The van der Waals surface area contributed by atoms with E-state index in [1.165, 1.54) is 25.3 Å². The molecule has 3 atom stereocenters. The topological polar surface area (TPSA) is 123 Å². The molecule has 0 aliphatic carbocycles. The highest BCUT2D eigenvalue weighted by atomic mass is 16.6. The molecule has 2 aliphatic rings. The van der Waals surface area contributed by atoms with Gasteiger partial charge in [0.1, 0.15) is 0 Å². The molecule has 0 bridgehead atoms. The minimum atomic E-state index is -0.909. The molecular weight excluding hydrogens is 500 g/mol. The Morgan fingerprint density at radius 3 is 2.41 bits per heavy atom. The molecule has 2 heterocycles. The van der Waals surface area contributed by atoms with E-state index in [-0.39, 0.29) is 22.9 Å². The monoisotopic (exact) mass is 534 g/mol. The summed E-state index contributed by atoms with van der Waals surface area (Å²) in [5.41, 5.74) is 3.99. The van der Waals surface area contributed by atoms with Crippen LogP contribution in [-0.2, 0) is 19.1 Å². The van der Waals surface area contributed by atoms with Crippen molar-refractivity contribution in [2.45, 2.75) is 45.9 Å². The maximum atomic E-state index is 13.9. The van der Waals surface area contributed by atoms with Gasteiger partial charge in [0, 0.05) is 43.2 Å². The zero-order chi connectivity index (χ0) is 28.3. The second-order valence-corrected chi connectivity index (χ2v) is 9.80. The Morgan fingerprint density at radius 1 is 1.05 bits per heavy atom. The number of hydrogen-bond acceptors (Lipinski definition) is 9. The van der Waals surface area contributed by atoms with Crippen molar-refractivity contribution < 1.29 is 24.0 Å². The summed E-state index contributed by atoms with van der Waals surface area (Å²) >= 11 is 0. The molecule has 3 unspecified atom stereocenters. The number of nitro benzene ring substituents is 1. The summed E-state index contributed by atoms with van der Waals surface area (Å²) in [6.45, 7) is 9.46. The van der Waals surface area contributed by atoms with Crippen LogP contribution in [0.3, 0.4) is 0 Å². The van der Waals surface area contributed by atoms with E-state index in [0.717, 1.165) is 17.7 Å². The lowest BCUT2D eigenvalue weighted by molar-refractivity contribution is -0.384. The molecular formula is C29H34N4O6. The SMILES string of the molecule is COC(=O)C1=C(C)NC(C)=C(C(=O)OC(C)N2CCNCC2c2ccccc2C)C1c1cccc([N+](=O)[O-])c1. The van der Waals surface area contributed by atoms with Gasteiger partial charge in [-0.2, -0.15) is 0 Å². The number of nitrogens with one attached hydrogen (secondary N) is 2. The largest absolute Gasteiger partial charge is 0.466 e. The molecule has 10 heteroatoms. The van der Waals surface area contributed by atoms with Crippen LogP contribution in [0.5, 0.6) is 0 Å². The van der Waals surface area contributed by atoms with Crippen molar-refractivity contribution >= 4 is 17.6 Å². The number of esters is 2. The molecule has 2 aromatic carbocycles. The summed E-state index contributed by atoms with van der Waals surface area (Å²) in [6.07, 6.45) is -0.580. The molecule has 0 amide bonds. The number of hydrogen-bond donors (Lipinski definition) is 2. The highest BCUT2D eigenvalue weighted by molar-refractivity contribution is 6.00. The number of benzene rings is 2. The first kappa shape index (κ1) is 28.0.